The van der Waals surface area contributed by atoms with Crippen LogP contribution in [0.2, 0.25) is 0 Å². The zero-order valence-electron chi connectivity index (χ0n) is 10.7. The highest BCUT2D eigenvalue weighted by Crippen LogP contribution is 2.07. The van der Waals surface area contributed by atoms with Crippen molar-refractivity contribution in [3.63, 3.8) is 0 Å². The quantitative estimate of drug-likeness (QED) is 0.630. The predicted molar refractivity (Wildman–Crippen MR) is 63.2 cm³/mol. The molecule has 0 aromatic carbocycles. The number of carbonyl (C=O) groups is 1. The van der Waals surface area contributed by atoms with Crippen molar-refractivity contribution in [2.24, 2.45) is 5.73 Å². The number of ether oxygens (including phenoxy) is 2. The van der Waals surface area contributed by atoms with Gasteiger partial charge in [-0.2, -0.15) is 0 Å². The van der Waals surface area contributed by atoms with Gasteiger partial charge in [0.15, 0.2) is 0 Å². The van der Waals surface area contributed by atoms with Crippen LogP contribution in [0.25, 0.3) is 0 Å². The Labute approximate surface area is 97.7 Å². The van der Waals surface area contributed by atoms with E-state index in [2.05, 4.69) is 5.32 Å². The van der Waals surface area contributed by atoms with Gasteiger partial charge in [-0.05, 0) is 20.8 Å². The molecule has 16 heavy (non-hydrogen) atoms. The zero-order chi connectivity index (χ0) is 12.6. The van der Waals surface area contributed by atoms with Crippen molar-refractivity contribution in [2.75, 3.05) is 26.8 Å². The Morgan fingerprint density at radius 3 is 2.56 bits per heavy atom. The Bertz CT molecular complexity index is 203. The molecule has 0 fully saturated rings. The van der Waals surface area contributed by atoms with Gasteiger partial charge in [0, 0.05) is 26.8 Å². The van der Waals surface area contributed by atoms with Crippen LogP contribution in [0, 0.1) is 0 Å². The summed E-state index contributed by atoms with van der Waals surface area (Å²) in [6.45, 7) is 7.27. The number of nitrogens with one attached hydrogen (secondary N) is 1. The number of amides is 1. The van der Waals surface area contributed by atoms with Crippen molar-refractivity contribution in [3.8, 4) is 0 Å². The van der Waals surface area contributed by atoms with Gasteiger partial charge in [0.25, 0.3) is 0 Å². The molecule has 0 saturated heterocycles. The monoisotopic (exact) mass is 232 g/mol. The maximum atomic E-state index is 11.5. The van der Waals surface area contributed by atoms with Gasteiger partial charge in [-0.1, -0.05) is 0 Å². The summed E-state index contributed by atoms with van der Waals surface area (Å²) in [5.41, 5.74) is 5.09. The summed E-state index contributed by atoms with van der Waals surface area (Å²) in [6, 6.07) is 0. The molecular formula is C11H24N2O3. The van der Waals surface area contributed by atoms with Crippen molar-refractivity contribution >= 4 is 5.91 Å². The topological polar surface area (TPSA) is 73.6 Å². The molecule has 96 valence electrons. The van der Waals surface area contributed by atoms with Gasteiger partial charge in [-0.25, -0.2) is 0 Å². The van der Waals surface area contributed by atoms with Gasteiger partial charge in [-0.15, -0.1) is 0 Å². The smallest absolute Gasteiger partial charge is 0.222 e. The van der Waals surface area contributed by atoms with E-state index in [4.69, 9.17) is 15.2 Å². The number of nitrogens with two attached hydrogens (primary N) is 1. The van der Waals surface area contributed by atoms with E-state index in [9.17, 15) is 4.79 Å². The van der Waals surface area contributed by atoms with E-state index in [-0.39, 0.29) is 24.0 Å². The molecule has 0 aromatic heterocycles. The van der Waals surface area contributed by atoms with Crippen molar-refractivity contribution < 1.29 is 14.3 Å². The lowest BCUT2D eigenvalue weighted by molar-refractivity contribution is -0.125. The molecule has 0 radical (unpaired) electrons. The first-order chi connectivity index (χ1) is 7.45. The molecule has 0 bridgehead atoms. The lowest BCUT2D eigenvalue weighted by Crippen LogP contribution is -2.42. The fourth-order valence-corrected chi connectivity index (χ4v) is 1.30. The maximum absolute atomic E-state index is 11.5. The highest BCUT2D eigenvalue weighted by Gasteiger charge is 2.19. The van der Waals surface area contributed by atoms with Crippen LogP contribution in [0.1, 0.15) is 27.2 Å². The van der Waals surface area contributed by atoms with E-state index in [0.29, 0.717) is 19.7 Å². The molecule has 0 aliphatic carbocycles. The maximum Gasteiger partial charge on any atom is 0.222 e. The molecule has 5 nitrogen and oxygen atoms in total. The second-order valence-electron chi connectivity index (χ2n) is 4.27. The minimum atomic E-state index is -0.338. The minimum Gasteiger partial charge on any atom is -0.380 e. The second kappa shape index (κ2) is 7.60. The number of hydrogen-bond donors (Lipinski definition) is 2. The first-order valence-electron chi connectivity index (χ1n) is 5.58. The molecule has 0 heterocycles. The predicted octanol–water partition coefficient (Wildman–Crippen LogP) is 0.282. The fraction of sp³-hybridized carbons (Fsp3) is 0.909. The van der Waals surface area contributed by atoms with Gasteiger partial charge in [0.2, 0.25) is 5.91 Å². The lowest BCUT2D eigenvalue weighted by Gasteiger charge is -2.25. The van der Waals surface area contributed by atoms with E-state index in [1.807, 2.05) is 20.8 Å². The first kappa shape index (κ1) is 15.3. The van der Waals surface area contributed by atoms with Crippen LogP contribution < -0.4 is 11.1 Å². The number of carbonyl (C=O) groups excluding carboxylic acids is 1. The SMILES string of the molecule is CCOC(C)(C)CNC(=O)CC(CN)OC. The van der Waals surface area contributed by atoms with Gasteiger partial charge in [0.1, 0.15) is 0 Å². The third kappa shape index (κ3) is 6.76. The van der Waals surface area contributed by atoms with Crippen LogP contribution in [-0.2, 0) is 14.3 Å². The molecule has 0 aliphatic rings. The third-order valence-electron chi connectivity index (χ3n) is 2.26. The van der Waals surface area contributed by atoms with Crippen LogP contribution in [-0.4, -0.2) is 44.4 Å². The average molecular weight is 232 g/mol. The molecule has 0 aromatic rings. The summed E-state index contributed by atoms with van der Waals surface area (Å²) in [4.78, 5) is 11.5. The standard InChI is InChI=1S/C11H24N2O3/c1-5-16-11(2,3)8-13-10(14)6-9(7-12)15-4/h9H,5-8,12H2,1-4H3,(H,13,14). The van der Waals surface area contributed by atoms with Gasteiger partial charge in [0.05, 0.1) is 18.1 Å². The Morgan fingerprint density at radius 1 is 1.50 bits per heavy atom. The molecule has 0 spiro atoms. The molecule has 0 aliphatic heterocycles. The highest BCUT2D eigenvalue weighted by molar-refractivity contribution is 5.76. The Balaban J connectivity index is 3.88. The third-order valence-corrected chi connectivity index (χ3v) is 2.26. The summed E-state index contributed by atoms with van der Waals surface area (Å²) in [7, 11) is 1.55. The number of hydrogen-bond acceptors (Lipinski definition) is 4. The lowest BCUT2D eigenvalue weighted by atomic mass is 10.1. The van der Waals surface area contributed by atoms with E-state index >= 15 is 0 Å². The van der Waals surface area contributed by atoms with Crippen molar-refractivity contribution in [1.29, 1.82) is 0 Å². The zero-order valence-corrected chi connectivity index (χ0v) is 10.7. The van der Waals surface area contributed by atoms with Gasteiger partial charge >= 0.3 is 0 Å². The molecule has 1 amide bonds. The largest absolute Gasteiger partial charge is 0.380 e. The minimum absolute atomic E-state index is 0.0647. The Morgan fingerprint density at radius 2 is 2.12 bits per heavy atom. The molecule has 1 atom stereocenters. The number of methoxy groups -OCH3 is 1. The summed E-state index contributed by atoms with van der Waals surface area (Å²) < 4.78 is 10.5. The number of rotatable bonds is 8. The van der Waals surface area contributed by atoms with E-state index in [1.54, 1.807) is 7.11 Å². The molecule has 3 N–H and O–H groups in total. The first-order valence-corrected chi connectivity index (χ1v) is 5.58. The van der Waals surface area contributed by atoms with Gasteiger partial charge in [-0.3, -0.25) is 4.79 Å². The molecule has 1 unspecified atom stereocenters. The van der Waals surface area contributed by atoms with Crippen molar-refractivity contribution in [3.05, 3.63) is 0 Å². The van der Waals surface area contributed by atoms with Crippen LogP contribution >= 0.6 is 0 Å². The van der Waals surface area contributed by atoms with Gasteiger partial charge < -0.3 is 20.5 Å². The summed E-state index contributed by atoms with van der Waals surface area (Å²) >= 11 is 0. The van der Waals surface area contributed by atoms with Crippen LogP contribution in [0.3, 0.4) is 0 Å². The normalized spacial score (nSPS) is 13.6. The molecular weight excluding hydrogens is 208 g/mol. The van der Waals surface area contributed by atoms with E-state index < -0.39 is 0 Å². The van der Waals surface area contributed by atoms with Crippen molar-refractivity contribution in [2.45, 2.75) is 38.9 Å². The van der Waals surface area contributed by atoms with Crippen LogP contribution in [0.5, 0.6) is 0 Å². The van der Waals surface area contributed by atoms with Crippen molar-refractivity contribution in [1.82, 2.24) is 5.32 Å². The van der Waals surface area contributed by atoms with E-state index in [0.717, 1.165) is 0 Å². The summed E-state index contributed by atoms with van der Waals surface area (Å²) in [5, 5.41) is 2.81. The van der Waals surface area contributed by atoms with E-state index in [1.165, 1.54) is 0 Å². The molecule has 5 heteroatoms. The average Bonchev–Trinajstić information content (AvgIpc) is 2.23. The summed E-state index contributed by atoms with van der Waals surface area (Å²) in [6.07, 6.45) is 0.0741. The van der Waals surface area contributed by atoms with Crippen LogP contribution in [0.4, 0.5) is 0 Å². The molecule has 0 saturated carbocycles. The summed E-state index contributed by atoms with van der Waals surface area (Å²) in [5.74, 6) is -0.0647. The molecule has 0 rings (SSSR count). The Kier molecular flexibility index (Phi) is 7.29. The Hall–Kier alpha value is -0.650. The fourth-order valence-electron chi connectivity index (χ4n) is 1.30. The van der Waals surface area contributed by atoms with Crippen LogP contribution in [0.15, 0.2) is 0 Å². The second-order valence-corrected chi connectivity index (χ2v) is 4.27. The highest BCUT2D eigenvalue weighted by atomic mass is 16.5.